The van der Waals surface area contributed by atoms with Crippen molar-refractivity contribution in [1.29, 1.82) is 0 Å². The second-order valence-corrected chi connectivity index (χ2v) is 4.79. The van der Waals surface area contributed by atoms with Crippen molar-refractivity contribution in [2.45, 2.75) is 0 Å². The number of rotatable bonds is 1. The number of hydrogen-bond acceptors (Lipinski definition) is 3. The third-order valence-corrected chi connectivity index (χ3v) is 3.24. The van der Waals surface area contributed by atoms with Gasteiger partial charge in [0.15, 0.2) is 0 Å². The van der Waals surface area contributed by atoms with Crippen molar-refractivity contribution in [2.24, 2.45) is 4.99 Å². The third-order valence-electron chi connectivity index (χ3n) is 2.70. The number of benzene rings is 2. The summed E-state index contributed by atoms with van der Waals surface area (Å²) in [6.45, 7) is 0. The van der Waals surface area contributed by atoms with Gasteiger partial charge in [-0.2, -0.15) is 0 Å². The van der Waals surface area contributed by atoms with Gasteiger partial charge in [0.25, 0.3) is 0 Å². The lowest BCUT2D eigenvalue weighted by molar-refractivity contribution is 0.0737. The molecule has 0 radical (unpaired) electrons. The van der Waals surface area contributed by atoms with Crippen LogP contribution in [0.2, 0.25) is 10.0 Å². The van der Waals surface area contributed by atoms with Crippen LogP contribution in [0.5, 0.6) is 0 Å². The highest BCUT2D eigenvalue weighted by molar-refractivity contribution is 6.36. The Morgan fingerprint density at radius 1 is 1.00 bits per heavy atom. The monoisotopic (exact) mass is 291 g/mol. The second kappa shape index (κ2) is 4.68. The van der Waals surface area contributed by atoms with Gasteiger partial charge in [-0.25, -0.2) is 9.79 Å². The number of aliphatic imine (C=N–C) groups is 1. The molecule has 0 amide bonds. The van der Waals surface area contributed by atoms with Crippen LogP contribution < -0.4 is 0 Å². The summed E-state index contributed by atoms with van der Waals surface area (Å²) in [4.78, 5) is 15.9. The van der Waals surface area contributed by atoms with Crippen molar-refractivity contribution in [3.05, 3.63) is 63.6 Å². The molecule has 1 aliphatic heterocycles. The van der Waals surface area contributed by atoms with E-state index in [9.17, 15) is 4.79 Å². The number of carbonyl (C=O) groups excluding carboxylic acids is 1. The summed E-state index contributed by atoms with van der Waals surface area (Å²) in [5.74, 6) is -0.149. The maximum atomic E-state index is 11.6. The molecule has 3 rings (SSSR count). The molecule has 19 heavy (non-hydrogen) atoms. The molecule has 1 aliphatic rings. The van der Waals surface area contributed by atoms with Gasteiger partial charge >= 0.3 is 5.97 Å². The summed E-state index contributed by atoms with van der Waals surface area (Å²) in [6.07, 6.45) is 0. The predicted octanol–water partition coefficient (Wildman–Crippen LogP) is 4.24. The highest BCUT2D eigenvalue weighted by Gasteiger charge is 2.27. The molecule has 3 nitrogen and oxygen atoms in total. The summed E-state index contributed by atoms with van der Waals surface area (Å²) >= 11 is 11.9. The van der Waals surface area contributed by atoms with Crippen molar-refractivity contribution in [3.63, 3.8) is 0 Å². The Morgan fingerprint density at radius 2 is 1.74 bits per heavy atom. The van der Waals surface area contributed by atoms with Crippen molar-refractivity contribution in [3.8, 4) is 0 Å². The van der Waals surface area contributed by atoms with Crippen LogP contribution in [-0.4, -0.2) is 11.9 Å². The number of fused-ring (bicyclic) bond motifs is 1. The smallest absolute Gasteiger partial charge is 0.345 e. The Labute approximate surface area is 119 Å². The third kappa shape index (κ3) is 2.23. The first-order valence-corrected chi connectivity index (χ1v) is 6.26. The Kier molecular flexibility index (Phi) is 3.01. The van der Waals surface area contributed by atoms with E-state index in [2.05, 4.69) is 4.99 Å². The zero-order valence-corrected chi connectivity index (χ0v) is 11.1. The molecule has 0 saturated heterocycles. The number of hydrogen-bond donors (Lipinski definition) is 0. The van der Waals surface area contributed by atoms with Crippen molar-refractivity contribution >= 4 is 40.8 Å². The van der Waals surface area contributed by atoms with Crippen molar-refractivity contribution in [1.82, 2.24) is 0 Å². The minimum absolute atomic E-state index is 0.254. The predicted molar refractivity (Wildman–Crippen MR) is 74.5 cm³/mol. The van der Waals surface area contributed by atoms with Gasteiger partial charge < -0.3 is 4.74 Å². The first-order valence-electron chi connectivity index (χ1n) is 5.50. The summed E-state index contributed by atoms with van der Waals surface area (Å²) in [5, 5.41) is 0.929. The molecule has 5 heteroatoms. The maximum absolute atomic E-state index is 11.6. The molecular weight excluding hydrogens is 285 g/mol. The molecular formula is C14H7Cl2NO2. The fourth-order valence-corrected chi connectivity index (χ4v) is 2.26. The van der Waals surface area contributed by atoms with E-state index >= 15 is 0 Å². The lowest BCUT2D eigenvalue weighted by Gasteiger charge is -2.01. The van der Waals surface area contributed by atoms with E-state index in [0.717, 1.165) is 0 Å². The average Bonchev–Trinajstić information content (AvgIpc) is 2.71. The Balaban J connectivity index is 2.09. The zero-order valence-electron chi connectivity index (χ0n) is 9.56. The van der Waals surface area contributed by atoms with E-state index < -0.39 is 5.97 Å². The van der Waals surface area contributed by atoms with E-state index in [0.29, 0.717) is 26.9 Å². The summed E-state index contributed by atoms with van der Waals surface area (Å²) in [5.41, 5.74) is 1.68. The first-order chi connectivity index (χ1) is 9.15. The number of carbonyl (C=O) groups is 1. The van der Waals surface area contributed by atoms with E-state index in [4.69, 9.17) is 27.9 Å². The van der Waals surface area contributed by atoms with Gasteiger partial charge in [-0.3, -0.25) is 0 Å². The maximum Gasteiger partial charge on any atom is 0.345 e. The fraction of sp³-hybridized carbons (Fsp3) is 0. The minimum atomic E-state index is -0.403. The van der Waals surface area contributed by atoms with Crippen LogP contribution in [-0.2, 0) is 4.74 Å². The molecule has 0 atom stereocenters. The standard InChI is InChI=1S/C14H7Cl2NO2/c15-8-5-6-12(11(16)7-8)17-13-9-3-1-2-4-10(9)14(18)19-13/h1-7H. The van der Waals surface area contributed by atoms with Gasteiger partial charge in [-0.15, -0.1) is 0 Å². The molecule has 0 aromatic heterocycles. The molecule has 2 aromatic carbocycles. The van der Waals surface area contributed by atoms with E-state index in [1.54, 1.807) is 36.4 Å². The van der Waals surface area contributed by atoms with E-state index in [1.165, 1.54) is 0 Å². The highest BCUT2D eigenvalue weighted by atomic mass is 35.5. The second-order valence-electron chi connectivity index (χ2n) is 3.95. The number of ether oxygens (including phenoxy) is 1. The Morgan fingerprint density at radius 3 is 2.47 bits per heavy atom. The molecule has 0 N–H and O–H groups in total. The van der Waals surface area contributed by atoms with Crippen LogP contribution >= 0.6 is 23.2 Å². The lowest BCUT2D eigenvalue weighted by Crippen LogP contribution is -1.99. The van der Waals surface area contributed by atoms with E-state index in [-0.39, 0.29) is 5.90 Å². The molecule has 0 fully saturated rings. The highest BCUT2D eigenvalue weighted by Crippen LogP contribution is 2.30. The SMILES string of the molecule is O=C1OC(=Nc2ccc(Cl)cc2Cl)c2ccccc21. The largest absolute Gasteiger partial charge is 0.403 e. The quantitative estimate of drug-likeness (QED) is 0.737. The topological polar surface area (TPSA) is 38.7 Å². The van der Waals surface area contributed by atoms with Crippen LogP contribution in [0.3, 0.4) is 0 Å². The van der Waals surface area contributed by atoms with Gasteiger partial charge in [0.2, 0.25) is 5.90 Å². The van der Waals surface area contributed by atoms with Gasteiger partial charge in [0, 0.05) is 5.02 Å². The van der Waals surface area contributed by atoms with Crippen LogP contribution in [0.25, 0.3) is 0 Å². The van der Waals surface area contributed by atoms with Gasteiger partial charge in [-0.05, 0) is 30.3 Å². The molecule has 0 saturated carbocycles. The zero-order chi connectivity index (χ0) is 13.4. The van der Waals surface area contributed by atoms with Crippen molar-refractivity contribution in [2.75, 3.05) is 0 Å². The summed E-state index contributed by atoms with van der Waals surface area (Å²) in [6, 6.07) is 12.0. The fourth-order valence-electron chi connectivity index (χ4n) is 1.81. The first kappa shape index (κ1) is 12.2. The molecule has 0 aliphatic carbocycles. The molecule has 94 valence electrons. The number of halogens is 2. The number of esters is 1. The van der Waals surface area contributed by atoms with Gasteiger partial charge in [0.1, 0.15) is 0 Å². The van der Waals surface area contributed by atoms with Crippen LogP contribution in [0.1, 0.15) is 15.9 Å². The average molecular weight is 292 g/mol. The van der Waals surface area contributed by atoms with Crippen LogP contribution in [0.4, 0.5) is 5.69 Å². The number of nitrogens with zero attached hydrogens (tertiary/aromatic N) is 1. The van der Waals surface area contributed by atoms with Gasteiger partial charge in [0.05, 0.1) is 21.8 Å². The minimum Gasteiger partial charge on any atom is -0.403 e. The molecule has 0 spiro atoms. The van der Waals surface area contributed by atoms with E-state index in [1.807, 2.05) is 6.07 Å². The van der Waals surface area contributed by atoms with Crippen LogP contribution in [0.15, 0.2) is 47.5 Å². The van der Waals surface area contributed by atoms with Crippen LogP contribution in [0, 0.1) is 0 Å². The number of cyclic esters (lactones) is 1. The van der Waals surface area contributed by atoms with Gasteiger partial charge in [-0.1, -0.05) is 35.3 Å². The molecule has 1 heterocycles. The summed E-state index contributed by atoms with van der Waals surface area (Å²) in [7, 11) is 0. The summed E-state index contributed by atoms with van der Waals surface area (Å²) < 4.78 is 5.14. The molecule has 0 bridgehead atoms. The Bertz CT molecular complexity index is 710. The van der Waals surface area contributed by atoms with Crippen molar-refractivity contribution < 1.29 is 9.53 Å². The normalized spacial score (nSPS) is 15.5. The Hall–Kier alpha value is -1.84. The lowest BCUT2D eigenvalue weighted by atomic mass is 10.1. The molecule has 2 aromatic rings. The molecule has 0 unspecified atom stereocenters.